The summed E-state index contributed by atoms with van der Waals surface area (Å²) in [4.78, 5) is 7.27. The van der Waals surface area contributed by atoms with Crippen molar-refractivity contribution in [2.24, 2.45) is 10.9 Å². The van der Waals surface area contributed by atoms with Gasteiger partial charge in [-0.15, -0.1) is 24.0 Å². The third kappa shape index (κ3) is 8.89. The number of aromatic nitrogens is 2. The Bertz CT molecular complexity index is 494. The van der Waals surface area contributed by atoms with Crippen LogP contribution in [0.25, 0.3) is 0 Å². The molecule has 0 radical (unpaired) electrons. The van der Waals surface area contributed by atoms with E-state index in [2.05, 4.69) is 52.6 Å². The maximum absolute atomic E-state index is 4.69. The number of nitrogens with one attached hydrogen (secondary N) is 2. The smallest absolute Gasteiger partial charge is 0.191 e. The van der Waals surface area contributed by atoms with E-state index in [0.717, 1.165) is 44.5 Å². The van der Waals surface area contributed by atoms with Crippen molar-refractivity contribution in [2.75, 3.05) is 39.3 Å². The van der Waals surface area contributed by atoms with Gasteiger partial charge in [0.15, 0.2) is 5.96 Å². The second-order valence-corrected chi connectivity index (χ2v) is 6.85. The van der Waals surface area contributed by atoms with E-state index in [1.165, 1.54) is 38.0 Å². The first kappa shape index (κ1) is 22.2. The number of aliphatic imine (C=N–C) groups is 1. The van der Waals surface area contributed by atoms with E-state index in [4.69, 9.17) is 0 Å². The first-order valence-corrected chi connectivity index (χ1v) is 9.41. The third-order valence-corrected chi connectivity index (χ3v) is 4.52. The molecule has 1 aliphatic rings. The van der Waals surface area contributed by atoms with Gasteiger partial charge in [-0.2, -0.15) is 5.10 Å². The van der Waals surface area contributed by atoms with Crippen molar-refractivity contribution >= 4 is 29.9 Å². The lowest BCUT2D eigenvalue weighted by atomic mass is 9.99. The van der Waals surface area contributed by atoms with Crippen LogP contribution in [0.5, 0.6) is 0 Å². The van der Waals surface area contributed by atoms with Crippen LogP contribution in [0.4, 0.5) is 0 Å². The monoisotopic (exact) mass is 462 g/mol. The second-order valence-electron chi connectivity index (χ2n) is 6.85. The topological polar surface area (TPSA) is 57.5 Å². The Morgan fingerprint density at radius 1 is 1.28 bits per heavy atom. The minimum atomic E-state index is 0. The average Bonchev–Trinajstić information content (AvgIpc) is 2.98. The average molecular weight is 462 g/mol. The predicted octanol–water partition coefficient (Wildman–Crippen LogP) is 2.49. The largest absolute Gasteiger partial charge is 0.357 e. The molecule has 1 aromatic heterocycles. The van der Waals surface area contributed by atoms with Gasteiger partial charge in [0, 0.05) is 25.8 Å². The SMILES string of the molecule is CCNC(=NCCCN1CCC(C)CC1)NCCn1cc(C)cn1.I. The summed E-state index contributed by atoms with van der Waals surface area (Å²) >= 11 is 0. The van der Waals surface area contributed by atoms with Gasteiger partial charge in [-0.25, -0.2) is 0 Å². The summed E-state index contributed by atoms with van der Waals surface area (Å²) in [5.74, 6) is 1.82. The molecular weight excluding hydrogens is 427 g/mol. The lowest BCUT2D eigenvalue weighted by molar-refractivity contribution is 0.192. The van der Waals surface area contributed by atoms with E-state index in [0.29, 0.717) is 0 Å². The molecule has 1 aliphatic heterocycles. The quantitative estimate of drug-likeness (QED) is 0.270. The van der Waals surface area contributed by atoms with Crippen molar-refractivity contribution in [2.45, 2.75) is 46.6 Å². The van der Waals surface area contributed by atoms with Crippen LogP contribution >= 0.6 is 24.0 Å². The maximum atomic E-state index is 4.69. The zero-order valence-electron chi connectivity index (χ0n) is 16.0. The summed E-state index contributed by atoms with van der Waals surface area (Å²) in [5.41, 5.74) is 1.20. The number of likely N-dealkylation sites (tertiary alicyclic amines) is 1. The lowest BCUT2D eigenvalue weighted by Gasteiger charge is -2.29. The van der Waals surface area contributed by atoms with Crippen molar-refractivity contribution < 1.29 is 0 Å². The molecule has 1 saturated heterocycles. The van der Waals surface area contributed by atoms with Gasteiger partial charge in [-0.3, -0.25) is 9.67 Å². The predicted molar refractivity (Wildman–Crippen MR) is 116 cm³/mol. The first-order valence-electron chi connectivity index (χ1n) is 9.41. The molecule has 0 aliphatic carbocycles. The Morgan fingerprint density at radius 3 is 2.68 bits per heavy atom. The molecule has 0 saturated carbocycles. The molecule has 0 spiro atoms. The first-order chi connectivity index (χ1) is 11.7. The van der Waals surface area contributed by atoms with Crippen molar-refractivity contribution in [1.82, 2.24) is 25.3 Å². The van der Waals surface area contributed by atoms with E-state index >= 15 is 0 Å². The highest BCUT2D eigenvalue weighted by molar-refractivity contribution is 14.0. The van der Waals surface area contributed by atoms with Crippen molar-refractivity contribution in [3.05, 3.63) is 18.0 Å². The van der Waals surface area contributed by atoms with Crippen molar-refractivity contribution in [1.29, 1.82) is 0 Å². The van der Waals surface area contributed by atoms with E-state index in [9.17, 15) is 0 Å². The van der Waals surface area contributed by atoms with Gasteiger partial charge >= 0.3 is 0 Å². The second kappa shape index (κ2) is 12.5. The summed E-state index contributed by atoms with van der Waals surface area (Å²) < 4.78 is 1.96. The van der Waals surface area contributed by atoms with Crippen LogP contribution < -0.4 is 10.6 Å². The molecule has 7 heteroatoms. The summed E-state index contributed by atoms with van der Waals surface area (Å²) in [5, 5.41) is 11.0. The highest BCUT2D eigenvalue weighted by Crippen LogP contribution is 2.15. The van der Waals surface area contributed by atoms with E-state index in [-0.39, 0.29) is 24.0 Å². The minimum Gasteiger partial charge on any atom is -0.357 e. The molecule has 25 heavy (non-hydrogen) atoms. The van der Waals surface area contributed by atoms with Crippen LogP contribution in [-0.2, 0) is 6.54 Å². The third-order valence-electron chi connectivity index (χ3n) is 4.52. The van der Waals surface area contributed by atoms with Gasteiger partial charge in [-0.1, -0.05) is 6.92 Å². The number of piperidine rings is 1. The number of hydrogen-bond donors (Lipinski definition) is 2. The molecule has 0 unspecified atom stereocenters. The van der Waals surface area contributed by atoms with Gasteiger partial charge in [0.05, 0.1) is 12.7 Å². The Hall–Kier alpha value is -0.830. The van der Waals surface area contributed by atoms with Crippen LogP contribution in [0.1, 0.15) is 38.7 Å². The van der Waals surface area contributed by atoms with Crippen LogP contribution in [0.15, 0.2) is 17.4 Å². The maximum Gasteiger partial charge on any atom is 0.191 e. The molecule has 0 bridgehead atoms. The van der Waals surface area contributed by atoms with Gasteiger partial charge in [-0.05, 0) is 64.2 Å². The van der Waals surface area contributed by atoms with Crippen molar-refractivity contribution in [3.8, 4) is 0 Å². The summed E-state index contributed by atoms with van der Waals surface area (Å²) in [7, 11) is 0. The number of aryl methyl sites for hydroxylation is 1. The summed E-state index contributed by atoms with van der Waals surface area (Å²) in [6, 6.07) is 0. The molecule has 0 aromatic carbocycles. The fraction of sp³-hybridized carbons (Fsp3) is 0.778. The lowest BCUT2D eigenvalue weighted by Crippen LogP contribution is -2.39. The zero-order chi connectivity index (χ0) is 17.2. The molecule has 144 valence electrons. The number of guanidine groups is 1. The molecule has 2 rings (SSSR count). The number of hydrogen-bond acceptors (Lipinski definition) is 3. The minimum absolute atomic E-state index is 0. The Balaban J connectivity index is 0.00000312. The summed E-state index contributed by atoms with van der Waals surface area (Å²) in [6.07, 6.45) is 7.77. The van der Waals surface area contributed by atoms with Crippen LogP contribution in [-0.4, -0.2) is 59.9 Å². The van der Waals surface area contributed by atoms with E-state index in [1.807, 2.05) is 10.9 Å². The normalized spacial score (nSPS) is 16.5. The Kier molecular flexibility index (Phi) is 11.1. The van der Waals surface area contributed by atoms with E-state index in [1.54, 1.807) is 0 Å². The van der Waals surface area contributed by atoms with Crippen LogP contribution in [0, 0.1) is 12.8 Å². The van der Waals surface area contributed by atoms with E-state index < -0.39 is 0 Å². The molecule has 2 heterocycles. The fourth-order valence-electron chi connectivity index (χ4n) is 2.99. The van der Waals surface area contributed by atoms with Gasteiger partial charge < -0.3 is 15.5 Å². The van der Waals surface area contributed by atoms with Crippen LogP contribution in [0.2, 0.25) is 0 Å². The molecule has 0 atom stereocenters. The Morgan fingerprint density at radius 2 is 2.04 bits per heavy atom. The fourth-order valence-corrected chi connectivity index (χ4v) is 2.99. The molecular formula is C18H35IN6. The summed E-state index contributed by atoms with van der Waals surface area (Å²) in [6.45, 7) is 13.6. The van der Waals surface area contributed by atoms with Gasteiger partial charge in [0.1, 0.15) is 0 Å². The Labute approximate surface area is 169 Å². The van der Waals surface area contributed by atoms with Crippen molar-refractivity contribution in [3.63, 3.8) is 0 Å². The molecule has 2 N–H and O–H groups in total. The number of nitrogens with zero attached hydrogens (tertiary/aromatic N) is 4. The standard InChI is InChI=1S/C18H34N6.HI/c1-4-19-18(21-9-13-24-15-17(3)14-22-24)20-8-5-10-23-11-6-16(2)7-12-23;/h14-16H,4-13H2,1-3H3,(H2,19,20,21);1H. The molecule has 1 fully saturated rings. The molecule has 1 aromatic rings. The van der Waals surface area contributed by atoms with Crippen LogP contribution in [0.3, 0.4) is 0 Å². The zero-order valence-corrected chi connectivity index (χ0v) is 18.3. The number of rotatable bonds is 8. The number of halogens is 1. The van der Waals surface area contributed by atoms with Gasteiger partial charge in [0.25, 0.3) is 0 Å². The van der Waals surface area contributed by atoms with Gasteiger partial charge in [0.2, 0.25) is 0 Å². The highest BCUT2D eigenvalue weighted by Gasteiger charge is 2.14. The molecule has 6 nitrogen and oxygen atoms in total. The highest BCUT2D eigenvalue weighted by atomic mass is 127. The molecule has 0 amide bonds.